The molecule has 7 nitrogen and oxygen atoms in total. The van der Waals surface area contributed by atoms with E-state index in [2.05, 4.69) is 15.3 Å². The molecule has 1 fully saturated rings. The summed E-state index contributed by atoms with van der Waals surface area (Å²) in [6.07, 6.45) is -0.797. The van der Waals surface area contributed by atoms with Gasteiger partial charge in [0, 0.05) is 18.8 Å². The lowest BCUT2D eigenvalue weighted by atomic mass is 10.2. The van der Waals surface area contributed by atoms with Crippen molar-refractivity contribution in [1.29, 1.82) is 0 Å². The monoisotopic (exact) mass is 422 g/mol. The standard InChI is InChI=1S/C19H20F2N6O.ClH/c20-13-4-3-5-14(12-13)23-18-24-17(22)25-19(26-8-10-28-11-9-26)27(18)16-7-2-1-6-15(16)21;/h1-7,12,18,23H,8-11H2,(H2,22,24);1H. The van der Waals surface area contributed by atoms with Crippen LogP contribution in [0.3, 0.4) is 0 Å². The van der Waals surface area contributed by atoms with E-state index in [9.17, 15) is 8.78 Å². The first-order valence-corrected chi connectivity index (χ1v) is 8.92. The highest BCUT2D eigenvalue weighted by atomic mass is 35.5. The van der Waals surface area contributed by atoms with Gasteiger partial charge in [-0.15, -0.1) is 12.4 Å². The lowest BCUT2D eigenvalue weighted by molar-refractivity contribution is 0.0671. The molecule has 0 spiro atoms. The SMILES string of the molecule is Cl.NC1=NC(Nc2cccc(F)c2)N(c2ccccc2F)C(N2CCOCC2)=N1. The number of guanidine groups is 2. The van der Waals surface area contributed by atoms with Gasteiger partial charge in [0.25, 0.3) is 0 Å². The number of anilines is 2. The minimum atomic E-state index is -0.797. The van der Waals surface area contributed by atoms with E-state index < -0.39 is 17.9 Å². The molecule has 2 aromatic carbocycles. The van der Waals surface area contributed by atoms with Gasteiger partial charge in [0.2, 0.25) is 18.2 Å². The summed E-state index contributed by atoms with van der Waals surface area (Å²) >= 11 is 0. The third-order valence-electron chi connectivity index (χ3n) is 4.46. The summed E-state index contributed by atoms with van der Waals surface area (Å²) in [5.74, 6) is -0.291. The number of halogens is 3. The van der Waals surface area contributed by atoms with Crippen LogP contribution in [0.5, 0.6) is 0 Å². The highest BCUT2D eigenvalue weighted by Gasteiger charge is 2.33. The maximum atomic E-state index is 14.7. The lowest BCUT2D eigenvalue weighted by Crippen LogP contribution is -2.57. The number of benzene rings is 2. The predicted molar refractivity (Wildman–Crippen MR) is 111 cm³/mol. The number of hydrogen-bond acceptors (Lipinski definition) is 7. The largest absolute Gasteiger partial charge is 0.378 e. The van der Waals surface area contributed by atoms with Crippen molar-refractivity contribution in [2.75, 3.05) is 36.5 Å². The molecule has 1 saturated heterocycles. The molecule has 0 bridgehead atoms. The Labute approximate surface area is 173 Å². The molecule has 0 saturated carbocycles. The van der Waals surface area contributed by atoms with Gasteiger partial charge in [-0.05, 0) is 30.3 Å². The van der Waals surface area contributed by atoms with Crippen molar-refractivity contribution < 1.29 is 13.5 Å². The second kappa shape index (κ2) is 9.06. The average molecular weight is 423 g/mol. The normalized spacial score (nSPS) is 19.2. The molecule has 2 aliphatic heterocycles. The van der Waals surface area contributed by atoms with E-state index in [-0.39, 0.29) is 24.1 Å². The average Bonchev–Trinajstić information content (AvgIpc) is 2.69. The Morgan fingerprint density at radius 1 is 1.07 bits per heavy atom. The number of nitrogens with zero attached hydrogens (tertiary/aromatic N) is 4. The Morgan fingerprint density at radius 2 is 1.83 bits per heavy atom. The van der Waals surface area contributed by atoms with Gasteiger partial charge in [-0.2, -0.15) is 4.99 Å². The number of para-hydroxylation sites is 1. The Kier molecular flexibility index (Phi) is 6.50. The van der Waals surface area contributed by atoms with Crippen LogP contribution < -0.4 is 16.0 Å². The van der Waals surface area contributed by atoms with Gasteiger partial charge in [0.15, 0.2) is 0 Å². The maximum Gasteiger partial charge on any atom is 0.222 e. The molecule has 1 atom stereocenters. The number of ether oxygens (including phenoxy) is 1. The van der Waals surface area contributed by atoms with Crippen molar-refractivity contribution in [2.24, 2.45) is 15.7 Å². The number of nitrogens with two attached hydrogens (primary N) is 1. The summed E-state index contributed by atoms with van der Waals surface area (Å²) in [5, 5.41) is 3.11. The van der Waals surface area contributed by atoms with Gasteiger partial charge in [-0.3, -0.25) is 4.90 Å². The van der Waals surface area contributed by atoms with E-state index >= 15 is 0 Å². The molecule has 2 heterocycles. The lowest BCUT2D eigenvalue weighted by Gasteiger charge is -2.41. The van der Waals surface area contributed by atoms with E-state index in [0.29, 0.717) is 38.0 Å². The second-order valence-electron chi connectivity index (χ2n) is 6.35. The highest BCUT2D eigenvalue weighted by Crippen LogP contribution is 2.27. The number of nitrogens with one attached hydrogen (secondary N) is 1. The minimum Gasteiger partial charge on any atom is -0.378 e. The quantitative estimate of drug-likeness (QED) is 0.795. The molecule has 0 amide bonds. The first-order chi connectivity index (χ1) is 13.6. The number of aliphatic imine (C=N–C) groups is 2. The zero-order chi connectivity index (χ0) is 19.5. The Hall–Kier alpha value is -2.91. The second-order valence-corrected chi connectivity index (χ2v) is 6.35. The molecule has 1 unspecified atom stereocenters. The fourth-order valence-electron chi connectivity index (χ4n) is 3.17. The zero-order valence-corrected chi connectivity index (χ0v) is 16.3. The summed E-state index contributed by atoms with van der Waals surface area (Å²) in [5.41, 5.74) is 6.74. The van der Waals surface area contributed by atoms with E-state index in [1.807, 2.05) is 4.90 Å². The van der Waals surface area contributed by atoms with Crippen molar-refractivity contribution in [3.05, 3.63) is 60.2 Å². The van der Waals surface area contributed by atoms with E-state index in [1.54, 1.807) is 35.2 Å². The molecule has 4 rings (SSSR count). The molecule has 0 radical (unpaired) electrons. The molecule has 2 aromatic rings. The fourth-order valence-corrected chi connectivity index (χ4v) is 3.17. The molecular weight excluding hydrogens is 402 g/mol. The van der Waals surface area contributed by atoms with E-state index in [0.717, 1.165) is 0 Å². The topological polar surface area (TPSA) is 78.5 Å². The number of rotatable bonds is 3. The Morgan fingerprint density at radius 3 is 2.55 bits per heavy atom. The van der Waals surface area contributed by atoms with Gasteiger partial charge in [-0.25, -0.2) is 13.8 Å². The van der Waals surface area contributed by atoms with Gasteiger partial charge in [-0.1, -0.05) is 18.2 Å². The van der Waals surface area contributed by atoms with Crippen LogP contribution in [0.25, 0.3) is 0 Å². The number of morpholine rings is 1. The third kappa shape index (κ3) is 4.57. The van der Waals surface area contributed by atoms with E-state index in [1.165, 1.54) is 18.2 Å². The Balaban J connectivity index is 0.00000240. The van der Waals surface area contributed by atoms with Gasteiger partial charge >= 0.3 is 0 Å². The van der Waals surface area contributed by atoms with Crippen LogP contribution in [-0.2, 0) is 4.74 Å². The molecule has 3 N–H and O–H groups in total. The first kappa shape index (κ1) is 20.8. The van der Waals surface area contributed by atoms with Crippen LogP contribution in [0.15, 0.2) is 58.5 Å². The summed E-state index contributed by atoms with van der Waals surface area (Å²) in [6, 6.07) is 12.3. The van der Waals surface area contributed by atoms with Crippen molar-refractivity contribution in [3.63, 3.8) is 0 Å². The van der Waals surface area contributed by atoms with Crippen molar-refractivity contribution in [3.8, 4) is 0 Å². The molecule has 154 valence electrons. The number of hydrogen-bond donors (Lipinski definition) is 2. The molecular formula is C19H21ClF2N6O. The molecule has 29 heavy (non-hydrogen) atoms. The maximum absolute atomic E-state index is 14.7. The van der Waals surface area contributed by atoms with Crippen LogP contribution in [0.1, 0.15) is 0 Å². The van der Waals surface area contributed by atoms with Gasteiger partial charge in [0.1, 0.15) is 11.6 Å². The first-order valence-electron chi connectivity index (χ1n) is 8.92. The van der Waals surface area contributed by atoms with Gasteiger partial charge < -0.3 is 20.7 Å². The van der Waals surface area contributed by atoms with E-state index in [4.69, 9.17) is 10.5 Å². The highest BCUT2D eigenvalue weighted by molar-refractivity contribution is 6.06. The predicted octanol–water partition coefficient (Wildman–Crippen LogP) is 2.61. The van der Waals surface area contributed by atoms with Crippen molar-refractivity contribution >= 4 is 35.7 Å². The molecule has 0 aromatic heterocycles. The minimum absolute atomic E-state index is 0. The summed E-state index contributed by atoms with van der Waals surface area (Å²) in [7, 11) is 0. The zero-order valence-electron chi connectivity index (χ0n) is 15.5. The van der Waals surface area contributed by atoms with Crippen LogP contribution in [-0.4, -0.2) is 49.4 Å². The van der Waals surface area contributed by atoms with Crippen LogP contribution in [0, 0.1) is 11.6 Å². The summed E-state index contributed by atoms with van der Waals surface area (Å²) in [6.45, 7) is 2.24. The van der Waals surface area contributed by atoms with Crippen molar-refractivity contribution in [2.45, 2.75) is 6.29 Å². The Bertz CT molecular complexity index is 919. The molecule has 10 heteroatoms. The van der Waals surface area contributed by atoms with Crippen LogP contribution >= 0.6 is 12.4 Å². The fraction of sp³-hybridized carbons (Fsp3) is 0.263. The smallest absolute Gasteiger partial charge is 0.222 e. The molecule has 0 aliphatic carbocycles. The summed E-state index contributed by atoms with van der Waals surface area (Å²) < 4.78 is 33.7. The van der Waals surface area contributed by atoms with Crippen LogP contribution in [0.4, 0.5) is 20.2 Å². The van der Waals surface area contributed by atoms with Crippen molar-refractivity contribution in [1.82, 2.24) is 4.90 Å². The molecule has 2 aliphatic rings. The van der Waals surface area contributed by atoms with Gasteiger partial charge in [0.05, 0.1) is 18.9 Å². The summed E-state index contributed by atoms with van der Waals surface area (Å²) in [4.78, 5) is 12.3. The van der Waals surface area contributed by atoms with Crippen LogP contribution in [0.2, 0.25) is 0 Å². The third-order valence-corrected chi connectivity index (χ3v) is 4.46.